The Bertz CT molecular complexity index is 389. The van der Waals surface area contributed by atoms with Gasteiger partial charge < -0.3 is 10.3 Å². The molecule has 0 saturated heterocycles. The molecule has 0 aliphatic heterocycles. The van der Waals surface area contributed by atoms with Gasteiger partial charge in [0.05, 0.1) is 4.92 Å². The normalized spacial score (nSPS) is 11.4. The third-order valence-electron chi connectivity index (χ3n) is 1.69. The van der Waals surface area contributed by atoms with Gasteiger partial charge in [-0.25, -0.2) is 4.74 Å². The van der Waals surface area contributed by atoms with E-state index in [4.69, 9.17) is 5.11 Å². The third kappa shape index (κ3) is 3.35. The molecule has 1 aromatic carbocycles. The zero-order valence-corrected chi connectivity index (χ0v) is 7.87. The molecule has 1 aromatic rings. The molecule has 0 radical (unpaired) electrons. The molecule has 0 aromatic heterocycles. The lowest BCUT2D eigenvalue weighted by molar-refractivity contribution is -0.455. The first-order chi connectivity index (χ1) is 7.13. The van der Waals surface area contributed by atoms with E-state index in [1.165, 1.54) is 24.4 Å². The second-order valence-corrected chi connectivity index (χ2v) is 2.85. The molecule has 1 N–H and O–H groups in total. The van der Waals surface area contributed by atoms with Crippen LogP contribution in [0, 0.1) is 15.3 Å². The first-order valence-corrected chi connectivity index (χ1v) is 4.27. The van der Waals surface area contributed by atoms with E-state index >= 15 is 0 Å². The van der Waals surface area contributed by atoms with E-state index in [0.717, 1.165) is 0 Å². The fraction of sp³-hybridized carbons (Fsp3) is 0.222. The molecule has 1 rings (SSSR count). The number of nitrogens with zero attached hydrogens (tertiary/aromatic N) is 2. The van der Waals surface area contributed by atoms with Crippen LogP contribution < -0.4 is 0 Å². The van der Waals surface area contributed by atoms with Gasteiger partial charge >= 0.3 is 0 Å². The average molecular weight is 210 g/mol. The number of rotatable bonds is 4. The van der Waals surface area contributed by atoms with Gasteiger partial charge in [0, 0.05) is 17.7 Å². The number of hydrogen-bond donors (Lipinski definition) is 1. The van der Waals surface area contributed by atoms with Crippen LogP contribution in [0.2, 0.25) is 0 Å². The number of nitro groups is 1. The van der Waals surface area contributed by atoms with Crippen molar-refractivity contribution in [3.8, 4) is 0 Å². The molecular formula is C9H10N2O4. The van der Waals surface area contributed by atoms with Crippen LogP contribution in [0.3, 0.4) is 0 Å². The molecule has 6 heteroatoms. The van der Waals surface area contributed by atoms with Crippen molar-refractivity contribution in [1.29, 1.82) is 0 Å². The highest BCUT2D eigenvalue weighted by atomic mass is 16.6. The Morgan fingerprint density at radius 3 is 2.73 bits per heavy atom. The van der Waals surface area contributed by atoms with Crippen LogP contribution in [0.15, 0.2) is 24.3 Å². The van der Waals surface area contributed by atoms with E-state index in [1.807, 2.05) is 0 Å². The predicted octanol–water partition coefficient (Wildman–Crippen LogP) is 0.516. The van der Waals surface area contributed by atoms with E-state index < -0.39 is 4.92 Å². The van der Waals surface area contributed by atoms with Crippen molar-refractivity contribution in [2.45, 2.75) is 0 Å². The Morgan fingerprint density at radius 2 is 2.13 bits per heavy atom. The minimum absolute atomic E-state index is 0.0529. The van der Waals surface area contributed by atoms with E-state index in [9.17, 15) is 15.3 Å². The van der Waals surface area contributed by atoms with Gasteiger partial charge in [0.1, 0.15) is 6.61 Å². The predicted molar refractivity (Wildman–Crippen MR) is 53.8 cm³/mol. The van der Waals surface area contributed by atoms with E-state index in [2.05, 4.69) is 0 Å². The minimum atomic E-state index is -0.529. The van der Waals surface area contributed by atoms with Crippen molar-refractivity contribution in [3.63, 3.8) is 0 Å². The quantitative estimate of drug-likeness (QED) is 0.258. The Balaban J connectivity index is 2.91. The molecule has 0 saturated carbocycles. The molecule has 0 amide bonds. The van der Waals surface area contributed by atoms with Crippen molar-refractivity contribution in [2.75, 3.05) is 13.2 Å². The first kappa shape index (κ1) is 11.1. The lowest BCUT2D eigenvalue weighted by Crippen LogP contribution is -2.10. The third-order valence-corrected chi connectivity index (χ3v) is 1.69. The molecule has 80 valence electrons. The van der Waals surface area contributed by atoms with Crippen LogP contribution in [0.25, 0.3) is 0 Å². The number of non-ortho nitro benzene ring substituents is 1. The number of aliphatic hydroxyl groups is 1. The lowest BCUT2D eigenvalue weighted by atomic mass is 10.2. The summed E-state index contributed by atoms with van der Waals surface area (Å²) in [6.07, 6.45) is 1.20. The van der Waals surface area contributed by atoms with Crippen LogP contribution in [-0.2, 0) is 0 Å². The van der Waals surface area contributed by atoms with Gasteiger partial charge in [-0.2, -0.15) is 0 Å². The highest BCUT2D eigenvalue weighted by molar-refractivity contribution is 5.76. The van der Waals surface area contributed by atoms with Gasteiger partial charge in [-0.05, 0) is 6.07 Å². The summed E-state index contributed by atoms with van der Waals surface area (Å²) in [6, 6.07) is 5.72. The fourth-order valence-corrected chi connectivity index (χ4v) is 1.05. The maximum Gasteiger partial charge on any atom is 0.270 e. The van der Waals surface area contributed by atoms with Crippen molar-refractivity contribution >= 4 is 11.9 Å². The summed E-state index contributed by atoms with van der Waals surface area (Å²) in [5, 5.41) is 29.9. The summed E-state index contributed by atoms with van der Waals surface area (Å²) in [7, 11) is 0. The lowest BCUT2D eigenvalue weighted by Gasteiger charge is -2.00. The molecule has 0 aliphatic carbocycles. The SMILES string of the molecule is O=[N+]([O-])c1cccc(/C=[N+](\[O-])CCO)c1. The summed E-state index contributed by atoms with van der Waals surface area (Å²) >= 11 is 0. The average Bonchev–Trinajstić information content (AvgIpc) is 2.18. The topological polar surface area (TPSA) is 89.4 Å². The molecule has 0 bridgehead atoms. The summed E-state index contributed by atoms with van der Waals surface area (Å²) in [5.41, 5.74) is 0.369. The molecule has 6 nitrogen and oxygen atoms in total. The summed E-state index contributed by atoms with van der Waals surface area (Å²) in [6.45, 7) is -0.308. The number of benzene rings is 1. The van der Waals surface area contributed by atoms with E-state index in [1.54, 1.807) is 6.07 Å². The fourth-order valence-electron chi connectivity index (χ4n) is 1.05. The van der Waals surface area contributed by atoms with Crippen LogP contribution in [0.5, 0.6) is 0 Å². The Hall–Kier alpha value is -1.95. The molecule has 15 heavy (non-hydrogen) atoms. The largest absolute Gasteiger partial charge is 0.624 e. The van der Waals surface area contributed by atoms with Crippen molar-refractivity contribution in [3.05, 3.63) is 45.2 Å². The van der Waals surface area contributed by atoms with Crippen LogP contribution in [-0.4, -0.2) is 34.1 Å². The summed E-state index contributed by atoms with van der Waals surface area (Å²) in [5.74, 6) is 0. The number of aliphatic hydroxyl groups excluding tert-OH is 1. The monoisotopic (exact) mass is 210 g/mol. The van der Waals surface area contributed by atoms with Crippen LogP contribution in [0.4, 0.5) is 5.69 Å². The molecular weight excluding hydrogens is 200 g/mol. The van der Waals surface area contributed by atoms with Crippen LogP contribution >= 0.6 is 0 Å². The molecule has 0 unspecified atom stereocenters. The first-order valence-electron chi connectivity index (χ1n) is 4.27. The summed E-state index contributed by atoms with van der Waals surface area (Å²) in [4.78, 5) is 9.90. The number of hydroxylamine groups is 1. The van der Waals surface area contributed by atoms with Gasteiger partial charge in [-0.15, -0.1) is 0 Å². The molecule has 0 spiro atoms. The standard InChI is InChI=1S/C9H10N2O4/c12-5-4-10(13)7-8-2-1-3-9(6-8)11(14)15/h1-3,6-7,12H,4-5H2/b10-7-. The maximum absolute atomic E-state index is 11.0. The number of hydrogen-bond acceptors (Lipinski definition) is 4. The second kappa shape index (κ2) is 5.06. The van der Waals surface area contributed by atoms with Crippen molar-refractivity contribution in [2.24, 2.45) is 0 Å². The van der Waals surface area contributed by atoms with Crippen molar-refractivity contribution < 1.29 is 14.8 Å². The Labute approximate surface area is 85.8 Å². The van der Waals surface area contributed by atoms with E-state index in [0.29, 0.717) is 10.3 Å². The van der Waals surface area contributed by atoms with E-state index in [-0.39, 0.29) is 18.8 Å². The number of nitro benzene ring substituents is 1. The summed E-state index contributed by atoms with van der Waals surface area (Å²) < 4.78 is 0.527. The van der Waals surface area contributed by atoms with Gasteiger partial charge in [0.25, 0.3) is 5.69 Å². The zero-order chi connectivity index (χ0) is 11.3. The van der Waals surface area contributed by atoms with Crippen LogP contribution in [0.1, 0.15) is 5.56 Å². The smallest absolute Gasteiger partial charge is 0.270 e. The highest BCUT2D eigenvalue weighted by Gasteiger charge is 2.05. The maximum atomic E-state index is 11.0. The van der Waals surface area contributed by atoms with Crippen molar-refractivity contribution in [1.82, 2.24) is 0 Å². The van der Waals surface area contributed by atoms with Gasteiger partial charge in [-0.1, -0.05) is 6.07 Å². The zero-order valence-electron chi connectivity index (χ0n) is 7.87. The van der Waals surface area contributed by atoms with Gasteiger partial charge in [-0.3, -0.25) is 10.1 Å². The van der Waals surface area contributed by atoms with Gasteiger partial charge in [0.2, 0.25) is 0 Å². The molecule has 0 heterocycles. The van der Waals surface area contributed by atoms with Gasteiger partial charge in [0.15, 0.2) is 12.8 Å². The molecule has 0 fully saturated rings. The highest BCUT2D eigenvalue weighted by Crippen LogP contribution is 2.11. The molecule has 0 atom stereocenters. The molecule has 0 aliphatic rings. The Kier molecular flexibility index (Phi) is 3.75. The Morgan fingerprint density at radius 1 is 1.40 bits per heavy atom. The minimum Gasteiger partial charge on any atom is -0.624 e. The second-order valence-electron chi connectivity index (χ2n) is 2.85.